The molecule has 170 valence electrons. The number of nitrogens with zero attached hydrogens (tertiary/aromatic N) is 3. The highest BCUT2D eigenvalue weighted by Crippen LogP contribution is 2.36. The van der Waals surface area contributed by atoms with E-state index in [0.717, 1.165) is 29.5 Å². The van der Waals surface area contributed by atoms with Crippen LogP contribution in [0.15, 0.2) is 32.8 Å². The molecule has 1 aliphatic heterocycles. The molecule has 9 heteroatoms. The van der Waals surface area contributed by atoms with Gasteiger partial charge in [-0.3, -0.25) is 14.2 Å². The molecule has 4 heterocycles. The molecule has 2 atom stereocenters. The fourth-order valence-electron chi connectivity index (χ4n) is 4.48. The summed E-state index contributed by atoms with van der Waals surface area (Å²) in [5.41, 5.74) is 1.14. The molecule has 5 rings (SSSR count). The van der Waals surface area contributed by atoms with E-state index in [2.05, 4.69) is 6.92 Å². The van der Waals surface area contributed by atoms with Crippen LogP contribution in [0.2, 0.25) is 0 Å². The first kappa shape index (κ1) is 21.7. The maximum atomic E-state index is 13.6. The van der Waals surface area contributed by atoms with Gasteiger partial charge in [0.15, 0.2) is 5.16 Å². The Morgan fingerprint density at radius 3 is 3.03 bits per heavy atom. The van der Waals surface area contributed by atoms with E-state index in [1.807, 2.05) is 24.0 Å². The first-order valence-electron chi connectivity index (χ1n) is 11.1. The summed E-state index contributed by atoms with van der Waals surface area (Å²) in [6, 6.07) is 3.67. The number of furan rings is 1. The molecule has 0 radical (unpaired) electrons. The molecular weight excluding hydrogens is 446 g/mol. The summed E-state index contributed by atoms with van der Waals surface area (Å²) < 4.78 is 12.7. The summed E-state index contributed by atoms with van der Waals surface area (Å²) in [6.07, 6.45) is 4.68. The molecule has 1 amide bonds. The standard InChI is InChI=1S/C23H27N3O4S2/c1-14-5-6-17-18(10-14)32-21-20(17)22(28)26(12-16-4-3-8-30-16)23(24-21)31-13-19(27)25-7-9-29-15(2)11-25/h3-4,8,14-15H,5-7,9-13H2,1-2H3/t14-,15+/m1/s1. The third kappa shape index (κ3) is 4.25. The van der Waals surface area contributed by atoms with Gasteiger partial charge < -0.3 is 14.1 Å². The lowest BCUT2D eigenvalue weighted by atomic mass is 9.89. The van der Waals surface area contributed by atoms with Crippen molar-refractivity contribution in [1.82, 2.24) is 14.5 Å². The number of rotatable bonds is 5. The Labute approximate surface area is 194 Å². The van der Waals surface area contributed by atoms with E-state index in [-0.39, 0.29) is 23.3 Å². The lowest BCUT2D eigenvalue weighted by Gasteiger charge is -2.31. The molecule has 0 spiro atoms. The molecule has 3 aromatic rings. The largest absolute Gasteiger partial charge is 0.467 e. The average Bonchev–Trinajstić information content (AvgIpc) is 3.41. The fraction of sp³-hybridized carbons (Fsp3) is 0.522. The Balaban J connectivity index is 1.48. The normalized spacial score (nSPS) is 21.1. The predicted octanol–water partition coefficient (Wildman–Crippen LogP) is 3.56. The van der Waals surface area contributed by atoms with Crippen molar-refractivity contribution >= 4 is 39.2 Å². The lowest BCUT2D eigenvalue weighted by molar-refractivity contribution is -0.135. The minimum atomic E-state index is -0.0339. The second-order valence-electron chi connectivity index (χ2n) is 8.71. The number of amides is 1. The number of thioether (sulfide) groups is 1. The Morgan fingerprint density at radius 2 is 2.25 bits per heavy atom. The molecule has 1 saturated heterocycles. The SMILES string of the molecule is C[C@@H]1CCc2c(sc3nc(SCC(=O)N4CCO[C@@H](C)C4)n(Cc4ccco4)c(=O)c23)C1. The molecule has 7 nitrogen and oxygen atoms in total. The third-order valence-electron chi connectivity index (χ3n) is 6.19. The van der Waals surface area contributed by atoms with Crippen LogP contribution in [0.4, 0.5) is 0 Å². The Morgan fingerprint density at radius 1 is 1.38 bits per heavy atom. The van der Waals surface area contributed by atoms with Crippen LogP contribution in [0.25, 0.3) is 10.2 Å². The number of aromatic nitrogens is 2. The zero-order chi connectivity index (χ0) is 22.2. The Hall–Kier alpha value is -2.10. The van der Waals surface area contributed by atoms with Crippen LogP contribution in [0.3, 0.4) is 0 Å². The van der Waals surface area contributed by atoms with Gasteiger partial charge in [0.25, 0.3) is 5.56 Å². The molecule has 1 aliphatic carbocycles. The van der Waals surface area contributed by atoms with Crippen molar-refractivity contribution in [2.45, 2.75) is 50.9 Å². The van der Waals surface area contributed by atoms with Gasteiger partial charge in [0.05, 0.1) is 36.7 Å². The number of hydrogen-bond acceptors (Lipinski definition) is 7. The van der Waals surface area contributed by atoms with Gasteiger partial charge in [0.1, 0.15) is 10.6 Å². The zero-order valence-electron chi connectivity index (χ0n) is 18.3. The third-order valence-corrected chi connectivity index (χ3v) is 8.30. The van der Waals surface area contributed by atoms with Crippen LogP contribution >= 0.6 is 23.1 Å². The number of aryl methyl sites for hydroxylation is 1. The molecular formula is C23H27N3O4S2. The van der Waals surface area contributed by atoms with Crippen molar-refractivity contribution in [3.63, 3.8) is 0 Å². The number of morpholine rings is 1. The van der Waals surface area contributed by atoms with Crippen molar-refractivity contribution in [3.05, 3.63) is 45.0 Å². The van der Waals surface area contributed by atoms with Gasteiger partial charge in [-0.25, -0.2) is 4.98 Å². The Kier molecular flexibility index (Phi) is 6.14. The van der Waals surface area contributed by atoms with Crippen LogP contribution in [0.5, 0.6) is 0 Å². The number of fused-ring (bicyclic) bond motifs is 3. The van der Waals surface area contributed by atoms with E-state index in [1.54, 1.807) is 22.2 Å². The second-order valence-corrected chi connectivity index (χ2v) is 10.7. The van der Waals surface area contributed by atoms with Gasteiger partial charge in [-0.2, -0.15) is 0 Å². The minimum absolute atomic E-state index is 0.0339. The van der Waals surface area contributed by atoms with Gasteiger partial charge in [-0.05, 0) is 49.8 Å². The maximum absolute atomic E-state index is 13.6. The highest BCUT2D eigenvalue weighted by molar-refractivity contribution is 7.99. The van der Waals surface area contributed by atoms with E-state index < -0.39 is 0 Å². The summed E-state index contributed by atoms with van der Waals surface area (Å²) >= 11 is 2.97. The first-order chi connectivity index (χ1) is 15.5. The first-order valence-corrected chi connectivity index (χ1v) is 12.9. The maximum Gasteiger partial charge on any atom is 0.263 e. The van der Waals surface area contributed by atoms with E-state index in [9.17, 15) is 9.59 Å². The molecule has 3 aromatic heterocycles. The number of carbonyl (C=O) groups excluding carboxylic acids is 1. The monoisotopic (exact) mass is 473 g/mol. The van der Waals surface area contributed by atoms with E-state index >= 15 is 0 Å². The van der Waals surface area contributed by atoms with Gasteiger partial charge in [-0.15, -0.1) is 11.3 Å². The summed E-state index contributed by atoms with van der Waals surface area (Å²) in [5.74, 6) is 1.61. The number of hydrogen-bond donors (Lipinski definition) is 0. The van der Waals surface area contributed by atoms with Gasteiger partial charge in [-0.1, -0.05) is 18.7 Å². The van der Waals surface area contributed by atoms with Crippen LogP contribution in [-0.2, 0) is 28.9 Å². The molecule has 0 aromatic carbocycles. The van der Waals surface area contributed by atoms with E-state index in [0.29, 0.717) is 43.1 Å². The molecule has 0 bridgehead atoms. The van der Waals surface area contributed by atoms with E-state index in [1.165, 1.54) is 22.2 Å². The van der Waals surface area contributed by atoms with Crippen LogP contribution in [-0.4, -0.2) is 51.9 Å². The number of thiophene rings is 1. The lowest BCUT2D eigenvalue weighted by Crippen LogP contribution is -2.45. The van der Waals surface area contributed by atoms with E-state index in [4.69, 9.17) is 14.1 Å². The van der Waals surface area contributed by atoms with Crippen molar-refractivity contribution in [3.8, 4) is 0 Å². The van der Waals surface area contributed by atoms with Crippen molar-refractivity contribution in [2.75, 3.05) is 25.4 Å². The summed E-state index contributed by atoms with van der Waals surface area (Å²) in [7, 11) is 0. The second kappa shape index (κ2) is 9.03. The van der Waals surface area contributed by atoms with Crippen LogP contribution < -0.4 is 5.56 Å². The number of ether oxygens (including phenoxy) is 1. The molecule has 2 aliphatic rings. The van der Waals surface area contributed by atoms with Crippen molar-refractivity contribution in [1.29, 1.82) is 0 Å². The Bertz CT molecular complexity index is 1180. The van der Waals surface area contributed by atoms with Gasteiger partial charge >= 0.3 is 0 Å². The highest BCUT2D eigenvalue weighted by atomic mass is 32.2. The quantitative estimate of drug-likeness (QED) is 0.417. The summed E-state index contributed by atoms with van der Waals surface area (Å²) in [6.45, 7) is 6.30. The zero-order valence-corrected chi connectivity index (χ0v) is 20.0. The molecule has 32 heavy (non-hydrogen) atoms. The smallest absolute Gasteiger partial charge is 0.263 e. The molecule has 0 saturated carbocycles. The molecule has 0 N–H and O–H groups in total. The minimum Gasteiger partial charge on any atom is -0.467 e. The van der Waals surface area contributed by atoms with Gasteiger partial charge in [0.2, 0.25) is 5.91 Å². The van der Waals surface area contributed by atoms with Crippen LogP contribution in [0, 0.1) is 5.92 Å². The fourth-order valence-corrected chi connectivity index (χ4v) is 6.80. The van der Waals surface area contributed by atoms with Crippen molar-refractivity contribution in [2.24, 2.45) is 5.92 Å². The predicted molar refractivity (Wildman–Crippen MR) is 126 cm³/mol. The van der Waals surface area contributed by atoms with Crippen LogP contribution in [0.1, 0.15) is 36.5 Å². The summed E-state index contributed by atoms with van der Waals surface area (Å²) in [5, 5.41) is 1.32. The van der Waals surface area contributed by atoms with Crippen molar-refractivity contribution < 1.29 is 13.9 Å². The highest BCUT2D eigenvalue weighted by Gasteiger charge is 2.26. The van der Waals surface area contributed by atoms with Gasteiger partial charge in [0, 0.05) is 18.0 Å². The average molecular weight is 474 g/mol. The number of carbonyl (C=O) groups is 1. The molecule has 0 unspecified atom stereocenters. The topological polar surface area (TPSA) is 77.6 Å². The molecule has 1 fully saturated rings. The summed E-state index contributed by atoms with van der Waals surface area (Å²) in [4.78, 5) is 35.2.